The molecule has 0 aliphatic heterocycles. The molecule has 0 radical (unpaired) electrons. The molecule has 1 N–H and O–H groups in total. The number of amides is 3. The van der Waals surface area contributed by atoms with E-state index >= 15 is 0 Å². The number of nitrogens with zero attached hydrogens (tertiary/aromatic N) is 3. The Bertz CT molecular complexity index is 836. The van der Waals surface area contributed by atoms with Crippen LogP contribution in [0.1, 0.15) is 45.7 Å². The summed E-state index contributed by atoms with van der Waals surface area (Å²) in [5.41, 5.74) is 1.68. The Morgan fingerprint density at radius 3 is 2.57 bits per heavy atom. The Balaban J connectivity index is 2.14. The average molecular weight is 433 g/mol. The monoisotopic (exact) mass is 432 g/mol. The molecule has 1 heterocycles. The molecule has 0 fully saturated rings. The predicted octanol–water partition coefficient (Wildman–Crippen LogP) is 5.14. The van der Waals surface area contributed by atoms with Gasteiger partial charge in [0.25, 0.3) is 0 Å². The minimum atomic E-state index is -0.297. The molecule has 1 aromatic carbocycles. The van der Waals surface area contributed by atoms with E-state index in [9.17, 15) is 9.59 Å². The van der Waals surface area contributed by atoms with Gasteiger partial charge in [-0.05, 0) is 50.1 Å². The summed E-state index contributed by atoms with van der Waals surface area (Å²) in [6, 6.07) is 10.6. The highest BCUT2D eigenvalue weighted by atomic mass is 35.5. The Kier molecular flexibility index (Phi) is 9.24. The van der Waals surface area contributed by atoms with Crippen molar-refractivity contribution in [1.82, 2.24) is 14.4 Å². The van der Waals surface area contributed by atoms with Crippen molar-refractivity contribution in [2.45, 2.75) is 52.6 Å². The van der Waals surface area contributed by atoms with Gasteiger partial charge in [0, 0.05) is 42.2 Å². The highest BCUT2D eigenvalue weighted by molar-refractivity contribution is 6.30. The van der Waals surface area contributed by atoms with Crippen LogP contribution in [-0.2, 0) is 18.4 Å². The molecule has 0 spiro atoms. The lowest BCUT2D eigenvalue weighted by Crippen LogP contribution is -2.48. The van der Waals surface area contributed by atoms with Gasteiger partial charge in [0.15, 0.2) is 0 Å². The molecule has 0 saturated carbocycles. The standard InChI is InChI=1S/C23H33ClN4O2/c1-5-7-14-27(16-21-12-9-13-26(21)4)22(29)17-28(18(3)6-2)23(30)25-20-11-8-10-19(24)15-20/h8-13,15,18H,5-7,14,16-17H2,1-4H3,(H,25,30). The lowest BCUT2D eigenvalue weighted by molar-refractivity contribution is -0.133. The molecule has 3 amide bonds. The van der Waals surface area contributed by atoms with Crippen molar-refractivity contribution in [3.8, 4) is 0 Å². The number of hydrogen-bond acceptors (Lipinski definition) is 2. The third kappa shape index (κ3) is 6.80. The fourth-order valence-corrected chi connectivity index (χ4v) is 3.34. The van der Waals surface area contributed by atoms with Crippen LogP contribution < -0.4 is 5.32 Å². The fourth-order valence-electron chi connectivity index (χ4n) is 3.15. The van der Waals surface area contributed by atoms with Crippen molar-refractivity contribution < 1.29 is 9.59 Å². The van der Waals surface area contributed by atoms with Gasteiger partial charge in [0.05, 0.1) is 6.54 Å². The lowest BCUT2D eigenvalue weighted by Gasteiger charge is -2.31. The van der Waals surface area contributed by atoms with E-state index in [0.29, 0.717) is 23.8 Å². The Morgan fingerprint density at radius 2 is 1.97 bits per heavy atom. The second kappa shape index (κ2) is 11.6. The number of aromatic nitrogens is 1. The van der Waals surface area contributed by atoms with E-state index in [2.05, 4.69) is 12.2 Å². The largest absolute Gasteiger partial charge is 0.353 e. The molecule has 0 bridgehead atoms. The van der Waals surface area contributed by atoms with E-state index in [4.69, 9.17) is 11.6 Å². The van der Waals surface area contributed by atoms with Gasteiger partial charge in [0.2, 0.25) is 5.91 Å². The van der Waals surface area contributed by atoms with Crippen LogP contribution in [-0.4, -0.2) is 45.4 Å². The maximum Gasteiger partial charge on any atom is 0.322 e. The van der Waals surface area contributed by atoms with Gasteiger partial charge < -0.3 is 19.7 Å². The SMILES string of the molecule is CCCCN(Cc1cccn1C)C(=O)CN(C(=O)Nc1cccc(Cl)c1)C(C)CC. The molecule has 164 valence electrons. The highest BCUT2D eigenvalue weighted by Gasteiger charge is 2.25. The second-order valence-electron chi connectivity index (χ2n) is 7.60. The average Bonchev–Trinajstić information content (AvgIpc) is 3.12. The summed E-state index contributed by atoms with van der Waals surface area (Å²) >= 11 is 6.02. The van der Waals surface area contributed by atoms with Crippen LogP contribution in [0.3, 0.4) is 0 Å². The van der Waals surface area contributed by atoms with E-state index in [-0.39, 0.29) is 24.5 Å². The molecule has 30 heavy (non-hydrogen) atoms. The van der Waals surface area contributed by atoms with E-state index in [1.165, 1.54) is 0 Å². The number of hydrogen-bond donors (Lipinski definition) is 1. The Labute approximate surface area is 184 Å². The minimum Gasteiger partial charge on any atom is -0.353 e. The van der Waals surface area contributed by atoms with Gasteiger partial charge in [-0.1, -0.05) is 37.9 Å². The zero-order valence-electron chi connectivity index (χ0n) is 18.4. The lowest BCUT2D eigenvalue weighted by atomic mass is 10.2. The number of benzene rings is 1. The second-order valence-corrected chi connectivity index (χ2v) is 8.04. The van der Waals surface area contributed by atoms with Gasteiger partial charge in [-0.15, -0.1) is 0 Å². The zero-order valence-corrected chi connectivity index (χ0v) is 19.2. The molecule has 1 aromatic heterocycles. The van der Waals surface area contributed by atoms with Gasteiger partial charge in [-0.3, -0.25) is 4.79 Å². The summed E-state index contributed by atoms with van der Waals surface area (Å²) in [6.45, 7) is 7.31. The first-order valence-electron chi connectivity index (χ1n) is 10.6. The number of nitrogens with one attached hydrogen (secondary N) is 1. The molecular formula is C23H33ClN4O2. The molecular weight excluding hydrogens is 400 g/mol. The number of carbonyl (C=O) groups is 2. The van der Waals surface area contributed by atoms with Crippen LogP contribution in [0.15, 0.2) is 42.6 Å². The molecule has 0 aliphatic carbocycles. The van der Waals surface area contributed by atoms with Gasteiger partial charge >= 0.3 is 6.03 Å². The third-order valence-electron chi connectivity index (χ3n) is 5.30. The maximum atomic E-state index is 13.2. The van der Waals surface area contributed by atoms with Crippen molar-refractivity contribution in [3.05, 3.63) is 53.3 Å². The van der Waals surface area contributed by atoms with Gasteiger partial charge in [-0.2, -0.15) is 0 Å². The number of halogens is 1. The Hall–Kier alpha value is -2.47. The molecule has 6 nitrogen and oxygen atoms in total. The third-order valence-corrected chi connectivity index (χ3v) is 5.54. The molecule has 1 unspecified atom stereocenters. The van der Waals surface area contributed by atoms with Crippen molar-refractivity contribution >= 4 is 29.2 Å². The summed E-state index contributed by atoms with van der Waals surface area (Å²) in [5, 5.41) is 3.42. The number of rotatable bonds is 10. The predicted molar refractivity (Wildman–Crippen MR) is 123 cm³/mol. The van der Waals surface area contributed by atoms with Crippen molar-refractivity contribution in [1.29, 1.82) is 0 Å². The molecule has 0 saturated heterocycles. The molecule has 7 heteroatoms. The van der Waals surface area contributed by atoms with Gasteiger partial charge in [0.1, 0.15) is 6.54 Å². The van der Waals surface area contributed by atoms with Crippen LogP contribution in [0.5, 0.6) is 0 Å². The van der Waals surface area contributed by atoms with Crippen LogP contribution in [0, 0.1) is 0 Å². The number of unbranched alkanes of at least 4 members (excludes halogenated alkanes) is 1. The van der Waals surface area contributed by atoms with Crippen molar-refractivity contribution in [3.63, 3.8) is 0 Å². The van der Waals surface area contributed by atoms with Crippen molar-refractivity contribution in [2.75, 3.05) is 18.4 Å². The first-order valence-corrected chi connectivity index (χ1v) is 10.9. The molecule has 2 rings (SSSR count). The van der Waals surface area contributed by atoms with Crippen LogP contribution >= 0.6 is 11.6 Å². The smallest absolute Gasteiger partial charge is 0.322 e. The summed E-state index contributed by atoms with van der Waals surface area (Å²) in [4.78, 5) is 29.6. The topological polar surface area (TPSA) is 57.6 Å². The van der Waals surface area contributed by atoms with Crippen molar-refractivity contribution in [2.24, 2.45) is 7.05 Å². The first-order chi connectivity index (χ1) is 14.3. The highest BCUT2D eigenvalue weighted by Crippen LogP contribution is 2.17. The molecule has 1 atom stereocenters. The molecule has 0 aliphatic rings. The zero-order chi connectivity index (χ0) is 22.1. The first kappa shape index (κ1) is 23.8. The number of carbonyl (C=O) groups excluding carboxylic acids is 2. The number of anilines is 1. The van der Waals surface area contributed by atoms with Crippen LogP contribution in [0.25, 0.3) is 0 Å². The Morgan fingerprint density at radius 1 is 1.20 bits per heavy atom. The summed E-state index contributed by atoms with van der Waals surface area (Å²) in [5.74, 6) is -0.0498. The van der Waals surface area contributed by atoms with E-state index in [1.54, 1.807) is 29.2 Å². The van der Waals surface area contributed by atoms with Crippen LogP contribution in [0.2, 0.25) is 5.02 Å². The van der Waals surface area contributed by atoms with E-state index in [1.807, 2.05) is 48.7 Å². The summed E-state index contributed by atoms with van der Waals surface area (Å²) < 4.78 is 2.02. The normalized spacial score (nSPS) is 11.8. The quantitative estimate of drug-likeness (QED) is 0.565. The molecule has 2 aromatic rings. The summed E-state index contributed by atoms with van der Waals surface area (Å²) in [6.07, 6.45) is 4.65. The number of urea groups is 1. The van der Waals surface area contributed by atoms with E-state index < -0.39 is 0 Å². The number of aryl methyl sites for hydroxylation is 1. The summed E-state index contributed by atoms with van der Waals surface area (Å²) in [7, 11) is 1.97. The maximum absolute atomic E-state index is 13.2. The fraction of sp³-hybridized carbons (Fsp3) is 0.478. The van der Waals surface area contributed by atoms with Gasteiger partial charge in [-0.25, -0.2) is 4.79 Å². The van der Waals surface area contributed by atoms with Crippen LogP contribution in [0.4, 0.5) is 10.5 Å². The minimum absolute atomic E-state index is 0.0372. The van der Waals surface area contributed by atoms with E-state index in [0.717, 1.165) is 25.0 Å².